The van der Waals surface area contributed by atoms with Gasteiger partial charge < -0.3 is 9.57 Å². The van der Waals surface area contributed by atoms with E-state index in [-0.39, 0.29) is 6.61 Å². The van der Waals surface area contributed by atoms with Gasteiger partial charge in [-0.25, -0.2) is 4.79 Å². The van der Waals surface area contributed by atoms with Crippen LogP contribution in [0.3, 0.4) is 0 Å². The Morgan fingerprint density at radius 2 is 1.77 bits per heavy atom. The third kappa shape index (κ3) is 5.09. The van der Waals surface area contributed by atoms with Crippen molar-refractivity contribution in [1.29, 1.82) is 0 Å². The number of carbonyl (C=O) groups excluding carboxylic acids is 1. The van der Waals surface area contributed by atoms with Gasteiger partial charge in [-0.2, -0.15) is 0 Å². The van der Waals surface area contributed by atoms with Gasteiger partial charge in [0.1, 0.15) is 12.4 Å². The van der Waals surface area contributed by atoms with Gasteiger partial charge in [0.05, 0.1) is 0 Å². The van der Waals surface area contributed by atoms with Crippen LogP contribution in [0.5, 0.6) is 5.75 Å². The van der Waals surface area contributed by atoms with E-state index in [1.807, 2.05) is 30.3 Å². The van der Waals surface area contributed by atoms with Crippen molar-refractivity contribution in [1.82, 2.24) is 0 Å². The van der Waals surface area contributed by atoms with Crippen LogP contribution in [0.25, 0.3) is 6.08 Å². The number of carbonyl (C=O) groups is 1. The highest BCUT2D eigenvalue weighted by molar-refractivity contribution is 5.88. The number of hydrogen-bond acceptors (Lipinski definition) is 5. The van der Waals surface area contributed by atoms with Crippen LogP contribution in [0.1, 0.15) is 11.1 Å². The molecule has 0 unspecified atom stereocenters. The molecule has 112 valence electrons. The van der Waals surface area contributed by atoms with Crippen LogP contribution in [-0.2, 0) is 16.2 Å². The Morgan fingerprint density at radius 1 is 1.09 bits per heavy atom. The van der Waals surface area contributed by atoms with Gasteiger partial charge >= 0.3 is 5.97 Å². The summed E-state index contributed by atoms with van der Waals surface area (Å²) in [5.41, 5.74) is 1.50. The van der Waals surface area contributed by atoms with Gasteiger partial charge in [-0.3, -0.25) is 0 Å². The van der Waals surface area contributed by atoms with E-state index in [0.717, 1.165) is 5.56 Å². The standard InChI is InChI=1S/C16H13NO5/c18-16(11-8-13-4-2-1-3-5-13)22-15-9-6-14(7-10-15)12-21-17(19)20/h1-11H,12H2/b11-8+. The van der Waals surface area contributed by atoms with Crippen molar-refractivity contribution in [2.75, 3.05) is 0 Å². The molecule has 0 amide bonds. The molecule has 0 aliphatic heterocycles. The smallest absolute Gasteiger partial charge is 0.336 e. The molecule has 0 fully saturated rings. The normalized spacial score (nSPS) is 10.4. The van der Waals surface area contributed by atoms with Crippen LogP contribution in [0.15, 0.2) is 60.7 Å². The van der Waals surface area contributed by atoms with E-state index in [0.29, 0.717) is 11.3 Å². The molecular formula is C16H13NO5. The Bertz CT molecular complexity index is 665. The van der Waals surface area contributed by atoms with Gasteiger partial charge in [0.2, 0.25) is 0 Å². The SMILES string of the molecule is O=C(/C=C/c1ccccc1)Oc1ccc(CO[N+](=O)[O-])cc1. The molecule has 2 aromatic rings. The Hall–Kier alpha value is -3.15. The zero-order valence-corrected chi connectivity index (χ0v) is 11.5. The van der Waals surface area contributed by atoms with Crippen molar-refractivity contribution in [2.24, 2.45) is 0 Å². The second-order valence-corrected chi connectivity index (χ2v) is 4.31. The molecule has 0 saturated heterocycles. The maximum Gasteiger partial charge on any atom is 0.336 e. The van der Waals surface area contributed by atoms with Gasteiger partial charge in [0.25, 0.3) is 5.09 Å². The molecular weight excluding hydrogens is 286 g/mol. The molecule has 0 heterocycles. The molecule has 0 atom stereocenters. The molecule has 0 radical (unpaired) electrons. The Morgan fingerprint density at radius 3 is 2.41 bits per heavy atom. The third-order valence-corrected chi connectivity index (χ3v) is 2.69. The second kappa shape index (κ2) is 7.58. The molecule has 6 heteroatoms. The molecule has 0 aromatic heterocycles. The fraction of sp³-hybridized carbons (Fsp3) is 0.0625. The highest BCUT2D eigenvalue weighted by Crippen LogP contribution is 2.13. The maximum absolute atomic E-state index is 11.7. The summed E-state index contributed by atoms with van der Waals surface area (Å²) < 4.78 is 5.12. The van der Waals surface area contributed by atoms with Gasteiger partial charge in [-0.05, 0) is 29.3 Å². The summed E-state index contributed by atoms with van der Waals surface area (Å²) in [5.74, 6) is -0.147. The number of esters is 1. The second-order valence-electron chi connectivity index (χ2n) is 4.31. The summed E-state index contributed by atoms with van der Waals surface area (Å²) in [5, 5.41) is 9.22. The largest absolute Gasteiger partial charge is 0.423 e. The van der Waals surface area contributed by atoms with Crippen LogP contribution in [-0.4, -0.2) is 11.1 Å². The first-order valence-corrected chi connectivity index (χ1v) is 6.45. The Balaban J connectivity index is 1.89. The molecule has 6 nitrogen and oxygen atoms in total. The number of benzene rings is 2. The monoisotopic (exact) mass is 299 g/mol. The summed E-state index contributed by atoms with van der Waals surface area (Å²) in [6, 6.07) is 15.6. The van der Waals surface area contributed by atoms with Crippen molar-refractivity contribution in [3.05, 3.63) is 81.9 Å². The van der Waals surface area contributed by atoms with Crippen molar-refractivity contribution in [3.63, 3.8) is 0 Å². The molecule has 0 spiro atoms. The highest BCUT2D eigenvalue weighted by Gasteiger charge is 2.02. The molecule has 2 rings (SSSR count). The van der Waals surface area contributed by atoms with Crippen molar-refractivity contribution in [2.45, 2.75) is 6.61 Å². The van der Waals surface area contributed by atoms with E-state index in [2.05, 4.69) is 4.84 Å². The first kappa shape index (κ1) is 15.2. The molecule has 0 aliphatic rings. The lowest BCUT2D eigenvalue weighted by Gasteiger charge is -2.03. The van der Waals surface area contributed by atoms with E-state index in [9.17, 15) is 14.9 Å². The number of nitrogens with zero attached hydrogens (tertiary/aromatic N) is 1. The topological polar surface area (TPSA) is 78.7 Å². The van der Waals surface area contributed by atoms with E-state index >= 15 is 0 Å². The van der Waals surface area contributed by atoms with E-state index in [1.54, 1.807) is 30.3 Å². The zero-order chi connectivity index (χ0) is 15.8. The van der Waals surface area contributed by atoms with Gasteiger partial charge in [-0.15, -0.1) is 10.1 Å². The zero-order valence-electron chi connectivity index (χ0n) is 11.5. The Labute approximate surface area is 126 Å². The van der Waals surface area contributed by atoms with Crippen LogP contribution >= 0.6 is 0 Å². The number of hydrogen-bond donors (Lipinski definition) is 0. The molecule has 0 saturated carbocycles. The third-order valence-electron chi connectivity index (χ3n) is 2.69. The van der Waals surface area contributed by atoms with Gasteiger partial charge in [-0.1, -0.05) is 42.5 Å². The van der Waals surface area contributed by atoms with Crippen LogP contribution in [0.4, 0.5) is 0 Å². The molecule has 2 aromatic carbocycles. The summed E-state index contributed by atoms with van der Waals surface area (Å²) >= 11 is 0. The van der Waals surface area contributed by atoms with Gasteiger partial charge in [0, 0.05) is 6.08 Å². The molecule has 0 N–H and O–H groups in total. The summed E-state index contributed by atoms with van der Waals surface area (Å²) in [6.45, 7) is -0.144. The lowest BCUT2D eigenvalue weighted by atomic mass is 10.2. The quantitative estimate of drug-likeness (QED) is 0.269. The average Bonchev–Trinajstić information content (AvgIpc) is 2.53. The van der Waals surface area contributed by atoms with Crippen molar-refractivity contribution in [3.8, 4) is 5.75 Å². The average molecular weight is 299 g/mol. The fourth-order valence-electron chi connectivity index (χ4n) is 1.66. The van der Waals surface area contributed by atoms with E-state index < -0.39 is 11.1 Å². The van der Waals surface area contributed by atoms with Crippen molar-refractivity contribution >= 4 is 12.0 Å². The molecule has 22 heavy (non-hydrogen) atoms. The fourth-order valence-corrected chi connectivity index (χ4v) is 1.66. The summed E-state index contributed by atoms with van der Waals surface area (Å²) in [4.78, 5) is 26.0. The maximum atomic E-state index is 11.7. The predicted molar refractivity (Wildman–Crippen MR) is 79.3 cm³/mol. The first-order valence-electron chi connectivity index (χ1n) is 6.45. The van der Waals surface area contributed by atoms with Crippen LogP contribution in [0, 0.1) is 10.1 Å². The lowest BCUT2D eigenvalue weighted by molar-refractivity contribution is -0.763. The van der Waals surface area contributed by atoms with E-state index in [1.165, 1.54) is 6.08 Å². The number of rotatable bonds is 6. The number of ether oxygens (including phenoxy) is 1. The van der Waals surface area contributed by atoms with Crippen molar-refractivity contribution < 1.29 is 19.5 Å². The highest BCUT2D eigenvalue weighted by atomic mass is 16.9. The lowest BCUT2D eigenvalue weighted by Crippen LogP contribution is -2.04. The minimum absolute atomic E-state index is 0.144. The van der Waals surface area contributed by atoms with Crippen LogP contribution < -0.4 is 4.74 Å². The predicted octanol–water partition coefficient (Wildman–Crippen LogP) is 3.01. The first-order chi connectivity index (χ1) is 10.6. The summed E-state index contributed by atoms with van der Waals surface area (Å²) in [7, 11) is 0. The minimum Gasteiger partial charge on any atom is -0.423 e. The Kier molecular flexibility index (Phi) is 5.25. The molecule has 0 aliphatic carbocycles. The van der Waals surface area contributed by atoms with Crippen LogP contribution in [0.2, 0.25) is 0 Å². The summed E-state index contributed by atoms with van der Waals surface area (Å²) in [6.07, 6.45) is 2.99. The van der Waals surface area contributed by atoms with E-state index in [4.69, 9.17) is 4.74 Å². The minimum atomic E-state index is -0.859. The molecule has 0 bridgehead atoms. The van der Waals surface area contributed by atoms with Gasteiger partial charge in [0.15, 0.2) is 0 Å².